The minimum absolute atomic E-state index is 0.299. The van der Waals surface area contributed by atoms with Crippen LogP contribution in [0.25, 0.3) is 33.2 Å². The molecule has 2 amide bonds. The summed E-state index contributed by atoms with van der Waals surface area (Å²) in [6.45, 7) is 4.42. The van der Waals surface area contributed by atoms with Gasteiger partial charge in [-0.2, -0.15) is 0 Å². The number of rotatable bonds is 6. The summed E-state index contributed by atoms with van der Waals surface area (Å²) in [6.07, 6.45) is 3.38. The molecule has 0 aliphatic rings. The van der Waals surface area contributed by atoms with Crippen molar-refractivity contribution in [3.8, 4) is 22.3 Å². The number of amides is 2. The molecule has 168 valence electrons. The predicted molar refractivity (Wildman–Crippen MR) is 130 cm³/mol. The average Bonchev–Trinajstić information content (AvgIpc) is 2.80. The number of aromatic nitrogens is 2. The van der Waals surface area contributed by atoms with Gasteiger partial charge in [-0.1, -0.05) is 31.5 Å². The lowest BCUT2D eigenvalue weighted by Crippen LogP contribution is -2.29. The van der Waals surface area contributed by atoms with Gasteiger partial charge in [0.2, 0.25) is 0 Å². The number of anilines is 1. The first-order valence-electron chi connectivity index (χ1n) is 10.9. The molecule has 2 aromatic heterocycles. The Labute approximate surface area is 190 Å². The molecule has 0 fully saturated rings. The number of benzene rings is 2. The fraction of sp³-hybridized carbons (Fsp3) is 0.192. The Morgan fingerprint density at radius 3 is 2.61 bits per heavy atom. The molecule has 6 nitrogen and oxygen atoms in total. The van der Waals surface area contributed by atoms with E-state index in [-0.39, 0.29) is 17.4 Å². The van der Waals surface area contributed by atoms with Gasteiger partial charge in [0.15, 0.2) is 0 Å². The van der Waals surface area contributed by atoms with Gasteiger partial charge in [0, 0.05) is 46.1 Å². The second-order valence-corrected chi connectivity index (χ2v) is 7.80. The van der Waals surface area contributed by atoms with Crippen LogP contribution in [0.4, 0.5) is 14.9 Å². The van der Waals surface area contributed by atoms with Crippen LogP contribution >= 0.6 is 0 Å². The highest BCUT2D eigenvalue weighted by atomic mass is 19.1. The maximum Gasteiger partial charge on any atom is 0.319 e. The zero-order valence-electron chi connectivity index (χ0n) is 18.5. The van der Waals surface area contributed by atoms with Crippen LogP contribution in [0.2, 0.25) is 0 Å². The molecule has 2 heterocycles. The SMILES string of the molecule is CCCCNC(=O)Nc1ccc2nc(C)c(-c3ccccc3F)cc2c1-c1ccc[nH]c1=O. The van der Waals surface area contributed by atoms with E-state index >= 15 is 0 Å². The number of halogens is 1. The normalized spacial score (nSPS) is 10.9. The number of aryl methyl sites for hydroxylation is 1. The number of nitrogens with zero attached hydrogens (tertiary/aromatic N) is 1. The van der Waals surface area contributed by atoms with Gasteiger partial charge in [0.05, 0.1) is 11.2 Å². The highest BCUT2D eigenvalue weighted by Crippen LogP contribution is 2.37. The minimum atomic E-state index is -0.356. The Morgan fingerprint density at radius 1 is 1.06 bits per heavy atom. The average molecular weight is 445 g/mol. The van der Waals surface area contributed by atoms with E-state index in [1.165, 1.54) is 6.07 Å². The number of pyridine rings is 2. The number of aromatic amines is 1. The molecule has 4 aromatic rings. The molecule has 0 atom stereocenters. The monoisotopic (exact) mass is 444 g/mol. The summed E-state index contributed by atoms with van der Waals surface area (Å²) in [7, 11) is 0. The van der Waals surface area contributed by atoms with E-state index in [1.807, 2.05) is 19.9 Å². The molecule has 0 bridgehead atoms. The molecule has 0 spiro atoms. The van der Waals surface area contributed by atoms with E-state index < -0.39 is 0 Å². The van der Waals surface area contributed by atoms with Gasteiger partial charge < -0.3 is 15.6 Å². The molecule has 2 aromatic carbocycles. The van der Waals surface area contributed by atoms with Crippen molar-refractivity contribution in [2.24, 2.45) is 0 Å². The molecule has 0 unspecified atom stereocenters. The fourth-order valence-corrected chi connectivity index (χ4v) is 3.85. The number of carbonyl (C=O) groups excluding carboxylic acids is 1. The summed E-state index contributed by atoms with van der Waals surface area (Å²) in [5, 5.41) is 6.33. The Balaban J connectivity index is 1.93. The van der Waals surface area contributed by atoms with Crippen LogP contribution in [0.3, 0.4) is 0 Å². The predicted octanol–water partition coefficient (Wildman–Crippen LogP) is 5.63. The van der Waals surface area contributed by atoms with E-state index in [1.54, 1.807) is 48.7 Å². The van der Waals surface area contributed by atoms with Gasteiger partial charge in [0.1, 0.15) is 5.82 Å². The van der Waals surface area contributed by atoms with Crippen molar-refractivity contribution in [2.75, 3.05) is 11.9 Å². The highest BCUT2D eigenvalue weighted by Gasteiger charge is 2.18. The summed E-state index contributed by atoms with van der Waals surface area (Å²) in [5.74, 6) is -0.356. The molecular weight excluding hydrogens is 419 g/mol. The van der Waals surface area contributed by atoms with Crippen LogP contribution in [0, 0.1) is 12.7 Å². The summed E-state index contributed by atoms with van der Waals surface area (Å²) in [6, 6.07) is 14.9. The van der Waals surface area contributed by atoms with Gasteiger partial charge >= 0.3 is 6.03 Å². The third-order valence-electron chi connectivity index (χ3n) is 5.50. The summed E-state index contributed by atoms with van der Waals surface area (Å²) >= 11 is 0. The molecule has 0 saturated carbocycles. The van der Waals surface area contributed by atoms with Gasteiger partial charge in [-0.05, 0) is 49.7 Å². The number of carbonyl (C=O) groups is 1. The van der Waals surface area contributed by atoms with Crippen molar-refractivity contribution in [2.45, 2.75) is 26.7 Å². The van der Waals surface area contributed by atoms with E-state index in [0.29, 0.717) is 51.1 Å². The first kappa shape index (κ1) is 22.2. The molecule has 0 aliphatic heterocycles. The lowest BCUT2D eigenvalue weighted by molar-refractivity contribution is 0.252. The number of unbranched alkanes of at least 4 members (excludes halogenated alkanes) is 1. The third-order valence-corrected chi connectivity index (χ3v) is 5.50. The Bertz CT molecular complexity index is 1380. The second-order valence-electron chi connectivity index (χ2n) is 7.80. The van der Waals surface area contributed by atoms with Gasteiger partial charge in [0.25, 0.3) is 5.56 Å². The quantitative estimate of drug-likeness (QED) is 0.337. The summed E-state index contributed by atoms with van der Waals surface area (Å²) in [4.78, 5) is 32.6. The molecule has 7 heteroatoms. The minimum Gasteiger partial charge on any atom is -0.338 e. The van der Waals surface area contributed by atoms with E-state index in [2.05, 4.69) is 20.6 Å². The number of fused-ring (bicyclic) bond motifs is 1. The molecule has 0 saturated heterocycles. The zero-order chi connectivity index (χ0) is 23.4. The summed E-state index contributed by atoms with van der Waals surface area (Å²) < 4.78 is 14.6. The Morgan fingerprint density at radius 2 is 1.85 bits per heavy atom. The fourth-order valence-electron chi connectivity index (χ4n) is 3.85. The van der Waals surface area contributed by atoms with Crippen molar-refractivity contribution >= 4 is 22.6 Å². The van der Waals surface area contributed by atoms with Crippen molar-refractivity contribution < 1.29 is 9.18 Å². The van der Waals surface area contributed by atoms with Crippen molar-refractivity contribution in [1.29, 1.82) is 0 Å². The molecule has 33 heavy (non-hydrogen) atoms. The van der Waals surface area contributed by atoms with E-state index in [0.717, 1.165) is 12.8 Å². The first-order chi connectivity index (χ1) is 16.0. The van der Waals surface area contributed by atoms with Gasteiger partial charge in [-0.25, -0.2) is 9.18 Å². The Hall–Kier alpha value is -4.00. The molecular formula is C26H25FN4O2. The number of hydrogen-bond donors (Lipinski definition) is 3. The second kappa shape index (κ2) is 9.65. The highest BCUT2D eigenvalue weighted by molar-refractivity contribution is 6.06. The molecule has 0 aliphatic carbocycles. The maximum atomic E-state index is 14.6. The standard InChI is InChI=1S/C26H25FN4O2/c1-3-4-13-29-26(33)31-23-12-11-22-20(24(23)18-9-7-14-28-25(18)32)15-19(16(2)30-22)17-8-5-6-10-21(17)27/h5-12,14-15H,3-4,13H2,1-2H3,(H,28,32)(H2,29,31,33). The number of H-pyrrole nitrogens is 1. The molecule has 3 N–H and O–H groups in total. The number of hydrogen-bond acceptors (Lipinski definition) is 3. The van der Waals surface area contributed by atoms with Gasteiger partial charge in [-0.15, -0.1) is 0 Å². The maximum absolute atomic E-state index is 14.6. The van der Waals surface area contributed by atoms with Crippen molar-refractivity contribution in [3.63, 3.8) is 0 Å². The molecule has 0 radical (unpaired) electrons. The number of urea groups is 1. The van der Waals surface area contributed by atoms with Crippen LogP contribution in [0.1, 0.15) is 25.5 Å². The first-order valence-corrected chi connectivity index (χ1v) is 10.9. The van der Waals surface area contributed by atoms with Gasteiger partial charge in [-0.3, -0.25) is 9.78 Å². The summed E-state index contributed by atoms with van der Waals surface area (Å²) in [5.41, 5.74) is 3.45. The van der Waals surface area contributed by atoms with Crippen LogP contribution in [0.5, 0.6) is 0 Å². The van der Waals surface area contributed by atoms with Crippen LogP contribution in [-0.2, 0) is 0 Å². The zero-order valence-corrected chi connectivity index (χ0v) is 18.5. The van der Waals surface area contributed by atoms with Crippen LogP contribution < -0.4 is 16.2 Å². The van der Waals surface area contributed by atoms with Crippen molar-refractivity contribution in [3.05, 3.63) is 82.7 Å². The smallest absolute Gasteiger partial charge is 0.319 e. The Kier molecular flexibility index (Phi) is 6.49. The van der Waals surface area contributed by atoms with Crippen molar-refractivity contribution in [1.82, 2.24) is 15.3 Å². The van der Waals surface area contributed by atoms with Crippen LogP contribution in [0.15, 0.2) is 65.6 Å². The van der Waals surface area contributed by atoms with E-state index in [4.69, 9.17) is 0 Å². The largest absolute Gasteiger partial charge is 0.338 e. The van der Waals surface area contributed by atoms with Crippen LogP contribution in [-0.4, -0.2) is 22.5 Å². The lowest BCUT2D eigenvalue weighted by atomic mass is 9.95. The topological polar surface area (TPSA) is 86.9 Å². The van der Waals surface area contributed by atoms with E-state index in [9.17, 15) is 14.0 Å². The molecule has 4 rings (SSSR count). The third kappa shape index (κ3) is 4.62. The number of nitrogens with one attached hydrogen (secondary N) is 3. The lowest BCUT2D eigenvalue weighted by Gasteiger charge is -2.16.